The second-order valence-corrected chi connectivity index (χ2v) is 7.46. The van der Waals surface area contributed by atoms with Crippen LogP contribution in [-0.2, 0) is 27.0 Å². The molecule has 0 bridgehead atoms. The maximum Gasteiger partial charge on any atom is 0.482 e. The number of hydrogen-bond acceptors (Lipinski definition) is 6. The fourth-order valence-electron chi connectivity index (χ4n) is 1.23. The summed E-state index contributed by atoms with van der Waals surface area (Å²) in [6.07, 6.45) is 1.71. The highest BCUT2D eigenvalue weighted by Gasteiger charge is 2.37. The standard InChI is InChI=1S/C10H24O6P2/c1-5-9-10-17(11,13-6-2)16-18(12,14-7-3)15-8-4/h5-10H2,1-4H3. The number of phosphoric ester groups is 1. The van der Waals surface area contributed by atoms with E-state index >= 15 is 0 Å². The summed E-state index contributed by atoms with van der Waals surface area (Å²) in [6, 6.07) is 0. The van der Waals surface area contributed by atoms with Gasteiger partial charge in [-0.3, -0.25) is 13.6 Å². The highest BCUT2D eigenvalue weighted by molar-refractivity contribution is 7.65. The fourth-order valence-corrected chi connectivity index (χ4v) is 5.27. The first kappa shape index (κ1) is 18.3. The molecule has 1 unspecified atom stereocenters. The first-order valence-electron chi connectivity index (χ1n) is 6.29. The Morgan fingerprint density at radius 1 is 0.833 bits per heavy atom. The molecule has 0 aliphatic carbocycles. The second kappa shape index (κ2) is 9.24. The lowest BCUT2D eigenvalue weighted by atomic mass is 10.4. The molecular formula is C10H24O6P2. The lowest BCUT2D eigenvalue weighted by molar-refractivity contribution is 0.155. The van der Waals surface area contributed by atoms with Gasteiger partial charge in [0.15, 0.2) is 0 Å². The third-order valence-electron chi connectivity index (χ3n) is 1.91. The summed E-state index contributed by atoms with van der Waals surface area (Å²) in [5.74, 6) is 0. The van der Waals surface area contributed by atoms with E-state index in [1.54, 1.807) is 20.8 Å². The minimum atomic E-state index is -3.80. The lowest BCUT2D eigenvalue weighted by Crippen LogP contribution is -2.04. The molecular weight excluding hydrogens is 278 g/mol. The average Bonchev–Trinajstić information content (AvgIpc) is 2.27. The zero-order chi connectivity index (χ0) is 14.1. The molecule has 18 heavy (non-hydrogen) atoms. The van der Waals surface area contributed by atoms with Crippen LogP contribution in [-0.4, -0.2) is 26.0 Å². The maximum absolute atomic E-state index is 12.4. The SMILES string of the molecule is CCCCP(=O)(OCC)OP(=O)(OCC)OCC. The topological polar surface area (TPSA) is 71.1 Å². The maximum atomic E-state index is 12.4. The predicted molar refractivity (Wildman–Crippen MR) is 71.0 cm³/mol. The van der Waals surface area contributed by atoms with Gasteiger partial charge in [-0.25, -0.2) is 8.88 Å². The Labute approximate surface area is 109 Å². The Morgan fingerprint density at radius 3 is 1.72 bits per heavy atom. The van der Waals surface area contributed by atoms with Crippen LogP contribution < -0.4 is 0 Å². The van der Waals surface area contributed by atoms with Gasteiger partial charge in [-0.05, 0) is 27.2 Å². The normalized spacial score (nSPS) is 15.6. The van der Waals surface area contributed by atoms with Gasteiger partial charge in [0, 0.05) is 0 Å². The van der Waals surface area contributed by atoms with Gasteiger partial charge < -0.3 is 4.52 Å². The molecule has 0 aromatic rings. The molecule has 0 radical (unpaired) electrons. The van der Waals surface area contributed by atoms with E-state index in [9.17, 15) is 9.13 Å². The van der Waals surface area contributed by atoms with Crippen molar-refractivity contribution in [3.63, 3.8) is 0 Å². The lowest BCUT2D eigenvalue weighted by Gasteiger charge is -2.22. The smallest absolute Gasteiger partial charge is 0.309 e. The van der Waals surface area contributed by atoms with Gasteiger partial charge in [0.25, 0.3) is 0 Å². The molecule has 1 atom stereocenters. The van der Waals surface area contributed by atoms with Crippen molar-refractivity contribution in [2.45, 2.75) is 40.5 Å². The summed E-state index contributed by atoms with van der Waals surface area (Å²) in [7, 11) is -7.23. The minimum Gasteiger partial charge on any atom is -0.309 e. The van der Waals surface area contributed by atoms with Crippen LogP contribution in [0.3, 0.4) is 0 Å². The van der Waals surface area contributed by atoms with Crippen molar-refractivity contribution in [2.24, 2.45) is 0 Å². The van der Waals surface area contributed by atoms with Gasteiger partial charge in [0.05, 0.1) is 26.0 Å². The van der Waals surface area contributed by atoms with E-state index in [-0.39, 0.29) is 26.0 Å². The van der Waals surface area contributed by atoms with Crippen molar-refractivity contribution >= 4 is 15.4 Å². The molecule has 0 saturated carbocycles. The van der Waals surface area contributed by atoms with Gasteiger partial charge in [-0.15, -0.1) is 0 Å². The average molecular weight is 302 g/mol. The molecule has 8 heteroatoms. The molecule has 6 nitrogen and oxygen atoms in total. The van der Waals surface area contributed by atoms with Crippen molar-refractivity contribution in [3.8, 4) is 0 Å². The molecule has 0 heterocycles. The van der Waals surface area contributed by atoms with Crippen LogP contribution in [0.2, 0.25) is 0 Å². The summed E-state index contributed by atoms with van der Waals surface area (Å²) in [5, 5.41) is 0. The number of phosphoric acid groups is 1. The highest BCUT2D eigenvalue weighted by Crippen LogP contribution is 2.65. The van der Waals surface area contributed by atoms with Crippen LogP contribution in [0, 0.1) is 0 Å². The summed E-state index contributed by atoms with van der Waals surface area (Å²) >= 11 is 0. The van der Waals surface area contributed by atoms with Crippen LogP contribution in [0.5, 0.6) is 0 Å². The summed E-state index contributed by atoms with van der Waals surface area (Å²) in [4.78, 5) is 0. The molecule has 0 amide bonds. The third kappa shape index (κ3) is 7.03. The van der Waals surface area contributed by atoms with Crippen LogP contribution in [0.1, 0.15) is 40.5 Å². The monoisotopic (exact) mass is 302 g/mol. The van der Waals surface area contributed by atoms with Crippen LogP contribution >= 0.6 is 15.4 Å². The number of hydrogen-bond donors (Lipinski definition) is 0. The largest absolute Gasteiger partial charge is 0.482 e. The zero-order valence-electron chi connectivity index (χ0n) is 11.6. The Kier molecular flexibility index (Phi) is 9.40. The molecule has 0 fully saturated rings. The molecule has 0 aromatic heterocycles. The van der Waals surface area contributed by atoms with Crippen molar-refractivity contribution in [1.29, 1.82) is 0 Å². The fraction of sp³-hybridized carbons (Fsp3) is 1.00. The van der Waals surface area contributed by atoms with Gasteiger partial charge >= 0.3 is 15.4 Å². The number of rotatable bonds is 11. The van der Waals surface area contributed by atoms with Crippen LogP contribution in [0.4, 0.5) is 0 Å². The molecule has 0 N–H and O–H groups in total. The predicted octanol–water partition coefficient (Wildman–Crippen LogP) is 4.21. The Bertz CT molecular complexity index is 297. The number of unbranched alkanes of at least 4 members (excludes halogenated alkanes) is 1. The summed E-state index contributed by atoms with van der Waals surface area (Å²) < 4.78 is 44.6. The van der Waals surface area contributed by atoms with E-state index < -0.39 is 15.4 Å². The third-order valence-corrected chi connectivity index (χ3v) is 6.37. The van der Waals surface area contributed by atoms with E-state index in [4.69, 9.17) is 17.9 Å². The Hall–Kier alpha value is 0.300. The molecule has 0 spiro atoms. The summed E-state index contributed by atoms with van der Waals surface area (Å²) in [5.41, 5.74) is 0. The molecule has 0 rings (SSSR count). The molecule has 0 aromatic carbocycles. The highest BCUT2D eigenvalue weighted by atomic mass is 31.3. The zero-order valence-corrected chi connectivity index (χ0v) is 13.4. The Morgan fingerprint density at radius 2 is 1.33 bits per heavy atom. The first-order valence-corrected chi connectivity index (χ1v) is 9.48. The first-order chi connectivity index (χ1) is 8.45. The molecule has 0 aliphatic rings. The minimum absolute atomic E-state index is 0.150. The van der Waals surface area contributed by atoms with Crippen molar-refractivity contribution < 1.29 is 27.0 Å². The van der Waals surface area contributed by atoms with Crippen LogP contribution in [0.15, 0.2) is 0 Å². The van der Waals surface area contributed by atoms with Gasteiger partial charge in [0.2, 0.25) is 0 Å². The van der Waals surface area contributed by atoms with E-state index in [1.807, 2.05) is 6.92 Å². The summed E-state index contributed by atoms with van der Waals surface area (Å²) in [6.45, 7) is 7.50. The van der Waals surface area contributed by atoms with Crippen molar-refractivity contribution in [3.05, 3.63) is 0 Å². The van der Waals surface area contributed by atoms with E-state index in [0.29, 0.717) is 6.42 Å². The molecule has 0 saturated heterocycles. The van der Waals surface area contributed by atoms with Gasteiger partial charge in [-0.1, -0.05) is 13.3 Å². The molecule has 110 valence electrons. The second-order valence-electron chi connectivity index (χ2n) is 3.47. The Balaban J connectivity index is 4.79. The van der Waals surface area contributed by atoms with Crippen molar-refractivity contribution in [2.75, 3.05) is 26.0 Å². The van der Waals surface area contributed by atoms with E-state index in [0.717, 1.165) is 6.42 Å². The van der Waals surface area contributed by atoms with Crippen molar-refractivity contribution in [1.82, 2.24) is 0 Å². The van der Waals surface area contributed by atoms with Gasteiger partial charge in [-0.2, -0.15) is 0 Å². The van der Waals surface area contributed by atoms with E-state index in [1.165, 1.54) is 0 Å². The van der Waals surface area contributed by atoms with E-state index in [2.05, 4.69) is 0 Å². The molecule has 0 aliphatic heterocycles. The van der Waals surface area contributed by atoms with Crippen LogP contribution in [0.25, 0.3) is 0 Å². The quantitative estimate of drug-likeness (QED) is 0.532. The van der Waals surface area contributed by atoms with Gasteiger partial charge in [0.1, 0.15) is 0 Å².